The van der Waals surface area contributed by atoms with E-state index in [9.17, 15) is 4.79 Å². The molecule has 0 aliphatic rings. The molecule has 1 atom stereocenters. The highest BCUT2D eigenvalue weighted by Gasteiger charge is 2.19. The molecule has 0 saturated heterocycles. The lowest BCUT2D eigenvalue weighted by Crippen LogP contribution is -2.25. The molecule has 1 aromatic rings. The molecule has 1 unspecified atom stereocenters. The van der Waals surface area contributed by atoms with Gasteiger partial charge >= 0.3 is 5.97 Å². The summed E-state index contributed by atoms with van der Waals surface area (Å²) < 4.78 is 15.1. The van der Waals surface area contributed by atoms with Crippen LogP contribution in [0.4, 0.5) is 0 Å². The fourth-order valence-electron chi connectivity index (χ4n) is 1.49. The van der Waals surface area contributed by atoms with Crippen molar-refractivity contribution in [3.05, 3.63) is 23.8 Å². The van der Waals surface area contributed by atoms with Crippen molar-refractivity contribution in [1.82, 2.24) is 0 Å². The standard InChI is InChI=1S/C12H16O5/c1-15-9-5-4-8(10(7-9)16-2)6-11(17-3)12(13)14/h4-5,7,11H,6H2,1-3H3,(H,13,14). The van der Waals surface area contributed by atoms with E-state index in [0.29, 0.717) is 11.5 Å². The first-order chi connectivity index (χ1) is 8.12. The number of ether oxygens (including phenoxy) is 3. The zero-order valence-corrected chi connectivity index (χ0v) is 10.1. The minimum absolute atomic E-state index is 0.249. The van der Waals surface area contributed by atoms with Crippen LogP contribution in [0.2, 0.25) is 0 Å². The topological polar surface area (TPSA) is 65.0 Å². The molecule has 0 heterocycles. The van der Waals surface area contributed by atoms with Crippen LogP contribution in [-0.2, 0) is 16.0 Å². The highest BCUT2D eigenvalue weighted by molar-refractivity contribution is 5.73. The molecule has 0 radical (unpaired) electrons. The second-order valence-corrected chi connectivity index (χ2v) is 3.44. The van der Waals surface area contributed by atoms with Gasteiger partial charge in [0.15, 0.2) is 6.10 Å². The molecule has 0 fully saturated rings. The van der Waals surface area contributed by atoms with Crippen LogP contribution >= 0.6 is 0 Å². The van der Waals surface area contributed by atoms with E-state index in [1.807, 2.05) is 0 Å². The third kappa shape index (κ3) is 3.35. The van der Waals surface area contributed by atoms with E-state index in [2.05, 4.69) is 0 Å². The average molecular weight is 240 g/mol. The van der Waals surface area contributed by atoms with Crippen molar-refractivity contribution in [1.29, 1.82) is 0 Å². The van der Waals surface area contributed by atoms with Crippen LogP contribution in [0.25, 0.3) is 0 Å². The fraction of sp³-hybridized carbons (Fsp3) is 0.417. The summed E-state index contributed by atoms with van der Waals surface area (Å²) in [5.74, 6) is 0.257. The van der Waals surface area contributed by atoms with Gasteiger partial charge in [-0.15, -0.1) is 0 Å². The second kappa shape index (κ2) is 6.10. The first-order valence-electron chi connectivity index (χ1n) is 5.08. The molecule has 0 amide bonds. The SMILES string of the molecule is COc1ccc(CC(OC)C(=O)O)c(OC)c1. The summed E-state index contributed by atoms with van der Waals surface area (Å²) in [5.41, 5.74) is 0.766. The first-order valence-corrected chi connectivity index (χ1v) is 5.08. The van der Waals surface area contributed by atoms with E-state index in [1.165, 1.54) is 14.2 Å². The van der Waals surface area contributed by atoms with Crippen LogP contribution in [0.5, 0.6) is 11.5 Å². The van der Waals surface area contributed by atoms with Crippen molar-refractivity contribution < 1.29 is 24.1 Å². The maximum atomic E-state index is 10.9. The maximum Gasteiger partial charge on any atom is 0.333 e. The summed E-state index contributed by atoms with van der Waals surface area (Å²) in [7, 11) is 4.46. The van der Waals surface area contributed by atoms with Crippen LogP contribution in [0.1, 0.15) is 5.56 Å². The normalized spacial score (nSPS) is 11.9. The molecule has 94 valence electrons. The van der Waals surface area contributed by atoms with Crippen LogP contribution in [0.3, 0.4) is 0 Å². The summed E-state index contributed by atoms with van der Waals surface area (Å²) >= 11 is 0. The van der Waals surface area contributed by atoms with Crippen molar-refractivity contribution in [3.63, 3.8) is 0 Å². The van der Waals surface area contributed by atoms with Crippen molar-refractivity contribution >= 4 is 5.97 Å². The quantitative estimate of drug-likeness (QED) is 0.813. The van der Waals surface area contributed by atoms with E-state index < -0.39 is 12.1 Å². The van der Waals surface area contributed by atoms with Gasteiger partial charge in [0.2, 0.25) is 0 Å². The summed E-state index contributed by atoms with van der Waals surface area (Å²) in [6, 6.07) is 5.24. The summed E-state index contributed by atoms with van der Waals surface area (Å²) in [6.07, 6.45) is -0.628. The first kappa shape index (κ1) is 13.3. The summed E-state index contributed by atoms with van der Waals surface area (Å²) in [6.45, 7) is 0. The molecule has 1 rings (SSSR count). The Morgan fingerprint density at radius 2 is 2.00 bits per heavy atom. The van der Waals surface area contributed by atoms with Crippen molar-refractivity contribution in [2.75, 3.05) is 21.3 Å². The number of rotatable bonds is 6. The van der Waals surface area contributed by atoms with Gasteiger partial charge in [-0.05, 0) is 11.6 Å². The lowest BCUT2D eigenvalue weighted by Gasteiger charge is -2.14. The van der Waals surface area contributed by atoms with E-state index in [-0.39, 0.29) is 6.42 Å². The molecular weight excluding hydrogens is 224 g/mol. The van der Waals surface area contributed by atoms with E-state index >= 15 is 0 Å². The number of carbonyl (C=O) groups is 1. The monoisotopic (exact) mass is 240 g/mol. The highest BCUT2D eigenvalue weighted by Crippen LogP contribution is 2.25. The third-order valence-corrected chi connectivity index (χ3v) is 2.46. The Labute approximate surface area is 99.9 Å². The largest absolute Gasteiger partial charge is 0.497 e. The molecule has 0 spiro atoms. The van der Waals surface area contributed by atoms with Crippen LogP contribution in [-0.4, -0.2) is 38.5 Å². The summed E-state index contributed by atoms with van der Waals surface area (Å²) in [4.78, 5) is 10.9. The number of carboxylic acids is 1. The zero-order chi connectivity index (χ0) is 12.8. The molecule has 5 heteroatoms. The minimum atomic E-state index is -0.995. The number of carboxylic acid groups (broad SMARTS) is 1. The molecule has 1 aromatic carbocycles. The van der Waals surface area contributed by atoms with Gasteiger partial charge in [0, 0.05) is 19.6 Å². The van der Waals surface area contributed by atoms with Gasteiger partial charge < -0.3 is 19.3 Å². The predicted octanol–water partition coefficient (Wildman–Crippen LogP) is 1.35. The number of hydrogen-bond donors (Lipinski definition) is 1. The predicted molar refractivity (Wildman–Crippen MR) is 61.7 cm³/mol. The highest BCUT2D eigenvalue weighted by atomic mass is 16.5. The maximum absolute atomic E-state index is 10.9. The Morgan fingerprint density at radius 3 is 2.47 bits per heavy atom. The molecule has 0 bridgehead atoms. The lowest BCUT2D eigenvalue weighted by molar-refractivity contribution is -0.148. The van der Waals surface area contributed by atoms with Crippen molar-refractivity contribution in [2.24, 2.45) is 0 Å². The summed E-state index contributed by atoms with van der Waals surface area (Å²) in [5, 5.41) is 8.91. The molecule has 17 heavy (non-hydrogen) atoms. The van der Waals surface area contributed by atoms with E-state index in [4.69, 9.17) is 19.3 Å². The van der Waals surface area contributed by atoms with Gasteiger partial charge in [-0.2, -0.15) is 0 Å². The molecule has 0 aromatic heterocycles. The molecule has 0 saturated carbocycles. The van der Waals surface area contributed by atoms with Gasteiger partial charge in [-0.1, -0.05) is 6.07 Å². The fourth-order valence-corrected chi connectivity index (χ4v) is 1.49. The average Bonchev–Trinajstić information content (AvgIpc) is 2.35. The number of hydrogen-bond acceptors (Lipinski definition) is 4. The van der Waals surface area contributed by atoms with Gasteiger partial charge in [0.05, 0.1) is 14.2 Å². The minimum Gasteiger partial charge on any atom is -0.497 e. The Bertz CT molecular complexity index is 388. The van der Waals surface area contributed by atoms with Gasteiger partial charge in [-0.3, -0.25) is 0 Å². The lowest BCUT2D eigenvalue weighted by atomic mass is 10.1. The van der Waals surface area contributed by atoms with E-state index in [1.54, 1.807) is 25.3 Å². The smallest absolute Gasteiger partial charge is 0.333 e. The number of benzene rings is 1. The third-order valence-electron chi connectivity index (χ3n) is 2.46. The molecule has 0 aliphatic heterocycles. The van der Waals surface area contributed by atoms with Gasteiger partial charge in [-0.25, -0.2) is 4.79 Å². The number of methoxy groups -OCH3 is 3. The Morgan fingerprint density at radius 1 is 1.29 bits per heavy atom. The molecular formula is C12H16O5. The Balaban J connectivity index is 2.93. The second-order valence-electron chi connectivity index (χ2n) is 3.44. The van der Waals surface area contributed by atoms with Crippen LogP contribution in [0.15, 0.2) is 18.2 Å². The van der Waals surface area contributed by atoms with Crippen molar-refractivity contribution in [3.8, 4) is 11.5 Å². The zero-order valence-electron chi connectivity index (χ0n) is 10.1. The number of aliphatic carboxylic acids is 1. The Hall–Kier alpha value is -1.75. The van der Waals surface area contributed by atoms with Gasteiger partial charge in [0.25, 0.3) is 0 Å². The molecule has 5 nitrogen and oxygen atoms in total. The van der Waals surface area contributed by atoms with Crippen molar-refractivity contribution in [2.45, 2.75) is 12.5 Å². The van der Waals surface area contributed by atoms with E-state index in [0.717, 1.165) is 5.56 Å². The van der Waals surface area contributed by atoms with Crippen LogP contribution < -0.4 is 9.47 Å². The molecule has 1 N–H and O–H groups in total. The Kier molecular flexibility index (Phi) is 4.78. The van der Waals surface area contributed by atoms with Crippen LogP contribution in [0, 0.1) is 0 Å². The van der Waals surface area contributed by atoms with Gasteiger partial charge in [0.1, 0.15) is 11.5 Å². The molecule has 0 aliphatic carbocycles.